The third-order valence-electron chi connectivity index (χ3n) is 7.13. The van der Waals surface area contributed by atoms with E-state index in [2.05, 4.69) is 34.5 Å². The minimum absolute atomic E-state index is 0.181. The second-order valence-corrected chi connectivity index (χ2v) is 9.19. The van der Waals surface area contributed by atoms with Gasteiger partial charge in [0.1, 0.15) is 11.5 Å². The topological polar surface area (TPSA) is 63.9 Å². The number of hydrogen-bond donors (Lipinski definition) is 1. The Morgan fingerprint density at radius 3 is 2.73 bits per heavy atom. The van der Waals surface area contributed by atoms with Crippen LogP contribution in [0.1, 0.15) is 43.4 Å². The number of ether oxygens (including phenoxy) is 2. The van der Waals surface area contributed by atoms with Gasteiger partial charge in [-0.1, -0.05) is 30.7 Å². The molecule has 6 nitrogen and oxygen atoms in total. The van der Waals surface area contributed by atoms with Crippen molar-refractivity contribution in [3.05, 3.63) is 59.9 Å². The summed E-state index contributed by atoms with van der Waals surface area (Å²) in [5.41, 5.74) is 2.07. The second-order valence-electron chi connectivity index (χ2n) is 9.19. The van der Waals surface area contributed by atoms with Crippen molar-refractivity contribution in [3.8, 4) is 11.5 Å². The lowest BCUT2D eigenvalue weighted by Gasteiger charge is -2.32. The molecule has 1 aromatic heterocycles. The van der Waals surface area contributed by atoms with E-state index in [-0.39, 0.29) is 11.9 Å². The molecule has 0 unspecified atom stereocenters. The van der Waals surface area contributed by atoms with E-state index in [4.69, 9.17) is 13.9 Å². The van der Waals surface area contributed by atoms with E-state index < -0.39 is 0 Å². The lowest BCUT2D eigenvalue weighted by molar-refractivity contribution is -0.122. The molecule has 2 saturated heterocycles. The number of amides is 1. The van der Waals surface area contributed by atoms with E-state index in [1.165, 1.54) is 5.56 Å². The lowest BCUT2D eigenvalue weighted by Crippen LogP contribution is -2.46. The van der Waals surface area contributed by atoms with Crippen LogP contribution < -0.4 is 14.8 Å². The first-order valence-corrected chi connectivity index (χ1v) is 11.9. The van der Waals surface area contributed by atoms with Gasteiger partial charge in [-0.05, 0) is 55.5 Å². The third kappa shape index (κ3) is 4.58. The summed E-state index contributed by atoms with van der Waals surface area (Å²) in [4.78, 5) is 15.0. The summed E-state index contributed by atoms with van der Waals surface area (Å²) in [5.74, 6) is 2.74. The van der Waals surface area contributed by atoms with Crippen molar-refractivity contribution < 1.29 is 18.7 Å². The molecule has 3 aromatic rings. The maximum Gasteiger partial charge on any atom is 0.220 e. The molecular formula is C27H32N2O4. The largest absolute Gasteiger partial charge is 0.497 e. The van der Waals surface area contributed by atoms with Crippen molar-refractivity contribution >= 4 is 16.9 Å². The van der Waals surface area contributed by atoms with Gasteiger partial charge in [-0.15, -0.1) is 0 Å². The van der Waals surface area contributed by atoms with Gasteiger partial charge in [0, 0.05) is 29.9 Å². The summed E-state index contributed by atoms with van der Waals surface area (Å²) in [7, 11) is 3.36. The first kappa shape index (κ1) is 21.8. The van der Waals surface area contributed by atoms with Crippen LogP contribution in [0.3, 0.4) is 0 Å². The van der Waals surface area contributed by atoms with Crippen molar-refractivity contribution in [2.75, 3.05) is 14.2 Å². The van der Waals surface area contributed by atoms with Crippen molar-refractivity contribution in [1.82, 2.24) is 10.2 Å². The van der Waals surface area contributed by atoms with Crippen LogP contribution in [0.15, 0.2) is 52.9 Å². The van der Waals surface area contributed by atoms with Gasteiger partial charge in [0.25, 0.3) is 0 Å². The number of hydrogen-bond acceptors (Lipinski definition) is 5. The molecule has 2 aliphatic heterocycles. The zero-order chi connectivity index (χ0) is 22.8. The number of nitrogens with one attached hydrogen (secondary N) is 1. The molecule has 2 fully saturated rings. The van der Waals surface area contributed by atoms with Gasteiger partial charge in [0.05, 0.1) is 20.8 Å². The van der Waals surface area contributed by atoms with Crippen LogP contribution in [-0.4, -0.2) is 43.2 Å². The average molecular weight is 449 g/mol. The highest BCUT2D eigenvalue weighted by molar-refractivity contribution is 5.83. The Morgan fingerprint density at radius 1 is 1.09 bits per heavy atom. The van der Waals surface area contributed by atoms with Gasteiger partial charge >= 0.3 is 0 Å². The number of likely N-dealkylation sites (tertiary alicyclic amines) is 1. The Hall–Kier alpha value is -2.99. The molecule has 174 valence electrons. The molecule has 0 saturated carbocycles. The molecule has 0 spiro atoms. The highest BCUT2D eigenvalue weighted by Crippen LogP contribution is 2.35. The number of furan rings is 1. The summed E-state index contributed by atoms with van der Waals surface area (Å²) >= 11 is 0. The number of fused-ring (bicyclic) bond motifs is 2. The number of para-hydroxylation sites is 1. The normalized spacial score (nSPS) is 23.6. The standard InChI is InChI=1S/C27H32N2O4/c1-31-21-12-10-18(11-13-21)14-20-16-23-24(7-3-4-9-26(30)28-23)29(20)17-22-15-19-6-5-8-25(32-2)27(19)33-22/h5-6,8,10-13,15,20,23-24H,3-4,7,9,14,16-17H2,1-2H3,(H,28,30)/t20-,23+,24-/m1/s1. The lowest BCUT2D eigenvalue weighted by atomic mass is 9.97. The summed E-state index contributed by atoms with van der Waals surface area (Å²) in [6.07, 6.45) is 5.63. The predicted molar refractivity (Wildman–Crippen MR) is 128 cm³/mol. The maximum atomic E-state index is 12.4. The zero-order valence-electron chi connectivity index (χ0n) is 19.4. The first-order valence-electron chi connectivity index (χ1n) is 11.9. The highest BCUT2D eigenvalue weighted by Gasteiger charge is 2.42. The van der Waals surface area contributed by atoms with Crippen LogP contribution in [0.2, 0.25) is 0 Å². The number of benzene rings is 2. The first-order chi connectivity index (χ1) is 16.1. The van der Waals surface area contributed by atoms with E-state index in [1.54, 1.807) is 14.2 Å². The Kier molecular flexibility index (Phi) is 6.27. The van der Waals surface area contributed by atoms with Gasteiger partial charge in [-0.25, -0.2) is 0 Å². The minimum Gasteiger partial charge on any atom is -0.497 e. The number of carbonyl (C=O) groups excluding carboxylic acids is 1. The Bertz CT molecular complexity index is 1110. The van der Waals surface area contributed by atoms with Crippen LogP contribution in [0.25, 0.3) is 11.0 Å². The van der Waals surface area contributed by atoms with E-state index >= 15 is 0 Å². The number of rotatable bonds is 6. The van der Waals surface area contributed by atoms with E-state index in [9.17, 15) is 4.79 Å². The molecule has 3 atom stereocenters. The van der Waals surface area contributed by atoms with Crippen LogP contribution in [-0.2, 0) is 17.8 Å². The monoisotopic (exact) mass is 448 g/mol. The average Bonchev–Trinajstić information content (AvgIpc) is 3.36. The van der Waals surface area contributed by atoms with Crippen molar-refractivity contribution in [1.29, 1.82) is 0 Å². The maximum absolute atomic E-state index is 12.4. The van der Waals surface area contributed by atoms with E-state index in [0.717, 1.165) is 66.9 Å². The summed E-state index contributed by atoms with van der Waals surface area (Å²) < 4.78 is 17.1. The van der Waals surface area contributed by atoms with Gasteiger partial charge in [0.15, 0.2) is 11.3 Å². The van der Waals surface area contributed by atoms with Crippen molar-refractivity contribution in [3.63, 3.8) is 0 Å². The van der Waals surface area contributed by atoms with Crippen LogP contribution in [0.4, 0.5) is 0 Å². The minimum atomic E-state index is 0.181. The molecule has 2 aromatic carbocycles. The summed E-state index contributed by atoms with van der Waals surface area (Å²) in [6, 6.07) is 17.2. The Labute approximate surface area is 194 Å². The van der Waals surface area contributed by atoms with Gasteiger partial charge in [-0.3, -0.25) is 9.69 Å². The fraction of sp³-hybridized carbons (Fsp3) is 0.444. The number of carbonyl (C=O) groups is 1. The smallest absolute Gasteiger partial charge is 0.220 e. The highest BCUT2D eigenvalue weighted by atomic mass is 16.5. The van der Waals surface area contributed by atoms with Gasteiger partial charge in [0.2, 0.25) is 5.91 Å². The van der Waals surface area contributed by atoms with Crippen LogP contribution >= 0.6 is 0 Å². The molecule has 1 N–H and O–H groups in total. The number of methoxy groups -OCH3 is 2. The van der Waals surface area contributed by atoms with Crippen LogP contribution in [0.5, 0.6) is 11.5 Å². The number of nitrogens with zero attached hydrogens (tertiary/aromatic N) is 1. The fourth-order valence-corrected chi connectivity index (χ4v) is 5.52. The Balaban J connectivity index is 1.43. The Morgan fingerprint density at radius 2 is 1.94 bits per heavy atom. The molecule has 3 heterocycles. The van der Waals surface area contributed by atoms with E-state index in [1.807, 2.05) is 24.3 Å². The summed E-state index contributed by atoms with van der Waals surface area (Å²) in [6.45, 7) is 0.718. The van der Waals surface area contributed by atoms with E-state index in [0.29, 0.717) is 18.5 Å². The molecule has 2 aliphatic rings. The molecule has 1 amide bonds. The van der Waals surface area contributed by atoms with Crippen molar-refractivity contribution in [2.24, 2.45) is 0 Å². The molecule has 5 rings (SSSR count). The fourth-order valence-electron chi connectivity index (χ4n) is 5.52. The molecule has 0 bridgehead atoms. The molecular weight excluding hydrogens is 416 g/mol. The zero-order valence-corrected chi connectivity index (χ0v) is 19.4. The molecule has 0 radical (unpaired) electrons. The predicted octanol–water partition coefficient (Wildman–Crippen LogP) is 4.69. The quantitative estimate of drug-likeness (QED) is 0.593. The second kappa shape index (κ2) is 9.48. The molecule has 33 heavy (non-hydrogen) atoms. The molecule has 6 heteroatoms. The van der Waals surface area contributed by atoms with Crippen LogP contribution in [0, 0.1) is 0 Å². The third-order valence-corrected chi connectivity index (χ3v) is 7.13. The van der Waals surface area contributed by atoms with Gasteiger partial charge in [-0.2, -0.15) is 0 Å². The molecule has 0 aliphatic carbocycles. The van der Waals surface area contributed by atoms with Crippen molar-refractivity contribution in [2.45, 2.75) is 63.2 Å². The summed E-state index contributed by atoms with van der Waals surface area (Å²) in [5, 5.41) is 4.38. The SMILES string of the molecule is COc1ccc(C[C@@H]2C[C@@H]3NC(=O)CCCC[C@H]3N2Cc2cc3cccc(OC)c3o2)cc1. The van der Waals surface area contributed by atoms with Gasteiger partial charge < -0.3 is 19.2 Å².